The fourth-order valence-electron chi connectivity index (χ4n) is 2.15. The monoisotopic (exact) mass is 335 g/mol. The molecule has 0 atom stereocenters. The Morgan fingerprint density at radius 1 is 1.04 bits per heavy atom. The van der Waals surface area contributed by atoms with Crippen LogP contribution < -0.4 is 14.8 Å². The van der Waals surface area contributed by atoms with Crippen LogP contribution in [0.1, 0.15) is 22.8 Å². The highest BCUT2D eigenvalue weighted by atomic mass is 16.6. The Morgan fingerprint density at radius 3 is 2.21 bits per heavy atom. The standard InChI is InChI=1S/C16H17NO7/c1-9(18)23-4-5-24-15(19)8-12-10-6-13(21-2)14(22-3)7-11(10)16(20)17-12/h6-8H,4-5H2,1-3H3,(H,17,20)/b12-8-. The van der Waals surface area contributed by atoms with E-state index in [2.05, 4.69) is 10.1 Å². The minimum absolute atomic E-state index is 0.0295. The Morgan fingerprint density at radius 2 is 1.62 bits per heavy atom. The van der Waals surface area contributed by atoms with Crippen LogP contribution in [-0.4, -0.2) is 45.3 Å². The molecule has 1 N–H and O–H groups in total. The van der Waals surface area contributed by atoms with Gasteiger partial charge in [0.2, 0.25) is 0 Å². The number of methoxy groups -OCH3 is 2. The summed E-state index contributed by atoms with van der Waals surface area (Å²) in [5.41, 5.74) is 1.18. The number of nitrogens with one attached hydrogen (secondary N) is 1. The summed E-state index contributed by atoms with van der Waals surface area (Å²) in [5.74, 6) is -0.633. The van der Waals surface area contributed by atoms with Crippen molar-refractivity contribution < 1.29 is 33.3 Å². The molecular weight excluding hydrogens is 318 g/mol. The Balaban J connectivity index is 2.15. The van der Waals surface area contributed by atoms with Gasteiger partial charge in [0.25, 0.3) is 5.91 Å². The molecule has 1 aromatic carbocycles. The van der Waals surface area contributed by atoms with E-state index in [9.17, 15) is 14.4 Å². The zero-order chi connectivity index (χ0) is 17.7. The average Bonchev–Trinajstić information content (AvgIpc) is 2.85. The van der Waals surface area contributed by atoms with Crippen molar-refractivity contribution in [1.29, 1.82) is 0 Å². The van der Waals surface area contributed by atoms with Crippen molar-refractivity contribution in [3.63, 3.8) is 0 Å². The summed E-state index contributed by atoms with van der Waals surface area (Å²) in [6, 6.07) is 3.14. The highest BCUT2D eigenvalue weighted by Gasteiger charge is 2.27. The summed E-state index contributed by atoms with van der Waals surface area (Å²) < 4.78 is 19.9. The van der Waals surface area contributed by atoms with E-state index in [0.717, 1.165) is 6.08 Å². The highest BCUT2D eigenvalue weighted by Crippen LogP contribution is 2.35. The smallest absolute Gasteiger partial charge is 0.332 e. The predicted octanol–water partition coefficient (Wildman–Crippen LogP) is 0.894. The molecule has 128 valence electrons. The molecule has 0 radical (unpaired) electrons. The molecule has 0 saturated heterocycles. The lowest BCUT2D eigenvalue weighted by atomic mass is 10.1. The van der Waals surface area contributed by atoms with Gasteiger partial charge in [-0.2, -0.15) is 0 Å². The lowest BCUT2D eigenvalue weighted by Crippen LogP contribution is -2.15. The van der Waals surface area contributed by atoms with Crippen LogP contribution in [0.25, 0.3) is 5.70 Å². The van der Waals surface area contributed by atoms with Gasteiger partial charge >= 0.3 is 11.9 Å². The van der Waals surface area contributed by atoms with Gasteiger partial charge in [0.05, 0.1) is 25.5 Å². The van der Waals surface area contributed by atoms with Crippen LogP contribution in [0.3, 0.4) is 0 Å². The zero-order valence-electron chi connectivity index (χ0n) is 13.5. The van der Waals surface area contributed by atoms with Crippen LogP contribution in [-0.2, 0) is 19.1 Å². The van der Waals surface area contributed by atoms with Gasteiger partial charge in [-0.3, -0.25) is 9.59 Å². The predicted molar refractivity (Wildman–Crippen MR) is 82.6 cm³/mol. The first-order valence-electron chi connectivity index (χ1n) is 7.05. The van der Waals surface area contributed by atoms with E-state index < -0.39 is 11.9 Å². The topological polar surface area (TPSA) is 100 Å². The summed E-state index contributed by atoms with van der Waals surface area (Å²) in [5, 5.41) is 2.59. The summed E-state index contributed by atoms with van der Waals surface area (Å²) in [6.07, 6.45) is 1.16. The van der Waals surface area contributed by atoms with Gasteiger partial charge in [-0.05, 0) is 12.1 Å². The maximum Gasteiger partial charge on any atom is 0.332 e. The quantitative estimate of drug-likeness (QED) is 0.468. The van der Waals surface area contributed by atoms with Gasteiger partial charge in [-0.25, -0.2) is 4.79 Å². The van der Waals surface area contributed by atoms with Crippen molar-refractivity contribution >= 4 is 23.5 Å². The van der Waals surface area contributed by atoms with Gasteiger partial charge in [-0.15, -0.1) is 0 Å². The molecule has 0 saturated carbocycles. The fraction of sp³-hybridized carbons (Fsp3) is 0.312. The minimum atomic E-state index is -0.667. The van der Waals surface area contributed by atoms with Crippen molar-refractivity contribution in [1.82, 2.24) is 5.32 Å². The minimum Gasteiger partial charge on any atom is -0.493 e. The number of amides is 1. The molecule has 0 aromatic heterocycles. The SMILES string of the molecule is COc1cc2c(cc1OC)/C(=C/C(=O)OCCOC(C)=O)NC2=O. The normalized spacial score (nSPS) is 14.0. The number of hydrogen-bond donors (Lipinski definition) is 1. The fourth-order valence-corrected chi connectivity index (χ4v) is 2.15. The first kappa shape index (κ1) is 17.3. The molecule has 0 aliphatic carbocycles. The van der Waals surface area contributed by atoms with Crippen LogP contribution in [0.5, 0.6) is 11.5 Å². The molecule has 8 heteroatoms. The second kappa shape index (κ2) is 7.49. The average molecular weight is 335 g/mol. The lowest BCUT2D eigenvalue weighted by molar-refractivity contribution is -0.147. The first-order valence-corrected chi connectivity index (χ1v) is 7.05. The van der Waals surface area contributed by atoms with Gasteiger partial charge in [-0.1, -0.05) is 0 Å². The van der Waals surface area contributed by atoms with Crippen molar-refractivity contribution in [2.45, 2.75) is 6.92 Å². The molecule has 1 aromatic rings. The van der Waals surface area contributed by atoms with E-state index in [1.165, 1.54) is 27.2 Å². The molecule has 8 nitrogen and oxygen atoms in total. The van der Waals surface area contributed by atoms with Gasteiger partial charge in [0, 0.05) is 18.6 Å². The number of carbonyl (C=O) groups excluding carboxylic acids is 3. The molecule has 1 aliphatic rings. The molecule has 1 amide bonds. The van der Waals surface area contributed by atoms with Crippen LogP contribution in [0.4, 0.5) is 0 Å². The van der Waals surface area contributed by atoms with Crippen molar-refractivity contribution in [2.24, 2.45) is 0 Å². The molecule has 0 unspecified atom stereocenters. The number of benzene rings is 1. The number of fused-ring (bicyclic) bond motifs is 1. The molecule has 2 rings (SSSR count). The second-order valence-electron chi connectivity index (χ2n) is 4.77. The van der Waals surface area contributed by atoms with Crippen LogP contribution in [0.2, 0.25) is 0 Å². The maximum absolute atomic E-state index is 12.0. The van der Waals surface area contributed by atoms with E-state index in [0.29, 0.717) is 28.3 Å². The Kier molecular flexibility index (Phi) is 5.41. The zero-order valence-corrected chi connectivity index (χ0v) is 13.5. The number of rotatable bonds is 6. The van der Waals surface area contributed by atoms with Gasteiger partial charge in [0.15, 0.2) is 11.5 Å². The third-order valence-corrected chi connectivity index (χ3v) is 3.20. The Bertz CT molecular complexity index is 709. The van der Waals surface area contributed by atoms with Crippen LogP contribution in [0.15, 0.2) is 18.2 Å². The third-order valence-electron chi connectivity index (χ3n) is 3.20. The van der Waals surface area contributed by atoms with Crippen LogP contribution >= 0.6 is 0 Å². The second-order valence-corrected chi connectivity index (χ2v) is 4.77. The molecule has 1 aliphatic heterocycles. The maximum atomic E-state index is 12.0. The molecule has 1 heterocycles. The van der Waals surface area contributed by atoms with E-state index in [1.54, 1.807) is 6.07 Å². The van der Waals surface area contributed by atoms with Gasteiger partial charge in [0.1, 0.15) is 13.2 Å². The molecule has 24 heavy (non-hydrogen) atoms. The van der Waals surface area contributed by atoms with E-state index in [4.69, 9.17) is 14.2 Å². The van der Waals surface area contributed by atoms with E-state index >= 15 is 0 Å². The Labute approximate surface area is 138 Å². The summed E-state index contributed by atoms with van der Waals surface area (Å²) in [6.45, 7) is 1.16. The first-order chi connectivity index (χ1) is 11.5. The number of esters is 2. The lowest BCUT2D eigenvalue weighted by Gasteiger charge is -2.09. The third kappa shape index (κ3) is 3.83. The largest absolute Gasteiger partial charge is 0.493 e. The van der Waals surface area contributed by atoms with Crippen molar-refractivity contribution in [3.05, 3.63) is 29.3 Å². The number of hydrogen-bond acceptors (Lipinski definition) is 7. The summed E-state index contributed by atoms with van der Waals surface area (Å²) in [7, 11) is 2.94. The van der Waals surface area contributed by atoms with E-state index in [1.807, 2.05) is 0 Å². The molecular formula is C16H17NO7. The van der Waals surface area contributed by atoms with Crippen molar-refractivity contribution in [2.75, 3.05) is 27.4 Å². The molecule has 0 fully saturated rings. The van der Waals surface area contributed by atoms with Gasteiger partial charge < -0.3 is 24.3 Å². The number of carbonyl (C=O) groups is 3. The summed E-state index contributed by atoms with van der Waals surface area (Å²) in [4.78, 5) is 34.4. The van der Waals surface area contributed by atoms with Crippen LogP contribution in [0, 0.1) is 0 Å². The molecule has 0 bridgehead atoms. The summed E-state index contributed by atoms with van der Waals surface area (Å²) >= 11 is 0. The van der Waals surface area contributed by atoms with E-state index in [-0.39, 0.29) is 19.1 Å². The molecule has 0 spiro atoms. The Hall–Kier alpha value is -3.03. The van der Waals surface area contributed by atoms with Crippen molar-refractivity contribution in [3.8, 4) is 11.5 Å². The highest BCUT2D eigenvalue weighted by molar-refractivity contribution is 6.12. The number of ether oxygens (including phenoxy) is 4.